The molecule has 3 nitrogen and oxygen atoms in total. The Balaban J connectivity index is 2.32. The molecule has 0 unspecified atom stereocenters. The van der Waals surface area contributed by atoms with Crippen molar-refractivity contribution in [3.63, 3.8) is 0 Å². The van der Waals surface area contributed by atoms with Crippen LogP contribution >= 0.6 is 11.8 Å². The van der Waals surface area contributed by atoms with Crippen LogP contribution < -0.4 is 5.32 Å². The van der Waals surface area contributed by atoms with E-state index in [2.05, 4.69) is 5.32 Å². The predicted molar refractivity (Wildman–Crippen MR) is 78.0 cm³/mol. The number of hydrogen-bond acceptors (Lipinski definition) is 3. The van der Waals surface area contributed by atoms with E-state index in [-0.39, 0.29) is 17.9 Å². The first-order chi connectivity index (χ1) is 8.37. The Morgan fingerprint density at radius 1 is 1.28 bits per heavy atom. The van der Waals surface area contributed by atoms with Crippen LogP contribution in [0.15, 0.2) is 30.3 Å². The quantitative estimate of drug-likeness (QED) is 0.648. The molecule has 1 amide bonds. The molecule has 0 saturated heterocycles. The van der Waals surface area contributed by atoms with Gasteiger partial charge in [-0.25, -0.2) is 0 Å². The van der Waals surface area contributed by atoms with E-state index in [9.17, 15) is 4.79 Å². The number of carbonyl (C=O) groups excluding carboxylic acids is 1. The van der Waals surface area contributed by atoms with Crippen molar-refractivity contribution in [2.45, 2.75) is 38.5 Å². The summed E-state index contributed by atoms with van der Waals surface area (Å²) < 4.78 is 0. The van der Waals surface area contributed by atoms with Crippen LogP contribution in [-0.4, -0.2) is 16.5 Å². The molecule has 0 spiro atoms. The number of thioether (sulfide) groups is 1. The molecule has 2 N–H and O–H groups in total. The summed E-state index contributed by atoms with van der Waals surface area (Å²) in [5.41, 5.74) is 0.935. The van der Waals surface area contributed by atoms with Gasteiger partial charge in [0.1, 0.15) is 0 Å². The molecule has 0 heterocycles. The number of rotatable bonds is 4. The molecule has 18 heavy (non-hydrogen) atoms. The Morgan fingerprint density at radius 3 is 2.44 bits per heavy atom. The van der Waals surface area contributed by atoms with Gasteiger partial charge in [0.05, 0.1) is 11.5 Å². The van der Waals surface area contributed by atoms with Crippen molar-refractivity contribution in [1.29, 1.82) is 5.41 Å². The number of hydrogen-bond donors (Lipinski definition) is 2. The molecule has 0 radical (unpaired) electrons. The Hall–Kier alpha value is -1.29. The van der Waals surface area contributed by atoms with Crippen LogP contribution in [0.3, 0.4) is 0 Å². The van der Waals surface area contributed by atoms with Crippen LogP contribution in [0.5, 0.6) is 0 Å². The highest BCUT2D eigenvalue weighted by molar-refractivity contribution is 8.13. The Kier molecular flexibility index (Phi) is 5.41. The first kappa shape index (κ1) is 14.8. The van der Waals surface area contributed by atoms with Gasteiger partial charge in [-0.1, -0.05) is 30.3 Å². The maximum atomic E-state index is 11.6. The minimum atomic E-state index is -0.235. The third-order valence-corrected chi connectivity index (χ3v) is 3.06. The summed E-state index contributed by atoms with van der Waals surface area (Å²) in [6, 6.07) is 9.97. The molecule has 1 aromatic carbocycles. The van der Waals surface area contributed by atoms with Gasteiger partial charge >= 0.3 is 0 Å². The Bertz CT molecular complexity index is 410. The van der Waals surface area contributed by atoms with Crippen molar-refractivity contribution in [1.82, 2.24) is 5.32 Å². The highest BCUT2D eigenvalue weighted by Crippen LogP contribution is 2.14. The molecule has 4 heteroatoms. The van der Waals surface area contributed by atoms with Crippen molar-refractivity contribution in [2.75, 3.05) is 0 Å². The van der Waals surface area contributed by atoms with Gasteiger partial charge in [-0.05, 0) is 26.3 Å². The summed E-state index contributed by atoms with van der Waals surface area (Å²) in [4.78, 5) is 11.6. The lowest BCUT2D eigenvalue weighted by Crippen LogP contribution is -2.41. The topological polar surface area (TPSA) is 53.0 Å². The van der Waals surface area contributed by atoms with Crippen molar-refractivity contribution >= 4 is 22.7 Å². The fourth-order valence-electron chi connectivity index (χ4n) is 1.40. The smallest absolute Gasteiger partial charge is 0.226 e. The lowest BCUT2D eigenvalue weighted by atomic mass is 10.1. The lowest BCUT2D eigenvalue weighted by Gasteiger charge is -2.20. The average molecular weight is 264 g/mol. The second-order valence-corrected chi connectivity index (χ2v) is 6.24. The minimum absolute atomic E-state index is 0.0898. The van der Waals surface area contributed by atoms with E-state index in [4.69, 9.17) is 5.41 Å². The standard InChI is InChI=1S/C14H20N2OS/c1-14(2,3)16-13(17)9-12(15)18-10-11-7-5-4-6-8-11/h4-8,15H,9-10H2,1-3H3,(H,16,17). The van der Waals surface area contributed by atoms with Gasteiger partial charge in [-0.15, -0.1) is 11.8 Å². The van der Waals surface area contributed by atoms with E-state index < -0.39 is 0 Å². The van der Waals surface area contributed by atoms with Gasteiger partial charge < -0.3 is 5.32 Å². The Labute approximate surface area is 113 Å². The molecule has 0 fully saturated rings. The van der Waals surface area contributed by atoms with Crippen LogP contribution in [-0.2, 0) is 10.5 Å². The summed E-state index contributed by atoms with van der Waals surface area (Å²) in [7, 11) is 0. The second kappa shape index (κ2) is 6.59. The largest absolute Gasteiger partial charge is 0.351 e. The molecular weight excluding hydrogens is 244 g/mol. The summed E-state index contributed by atoms with van der Waals surface area (Å²) >= 11 is 1.41. The molecule has 0 bridgehead atoms. The maximum absolute atomic E-state index is 11.6. The summed E-state index contributed by atoms with van der Waals surface area (Å²) in [5.74, 6) is 0.649. The van der Waals surface area contributed by atoms with E-state index in [0.717, 1.165) is 5.75 Å². The fraction of sp³-hybridized carbons (Fsp3) is 0.429. The lowest BCUT2D eigenvalue weighted by molar-refractivity contribution is -0.121. The van der Waals surface area contributed by atoms with Gasteiger partial charge in [0.15, 0.2) is 0 Å². The molecule has 0 saturated carbocycles. The predicted octanol–water partition coefficient (Wildman–Crippen LogP) is 3.20. The van der Waals surface area contributed by atoms with E-state index in [0.29, 0.717) is 5.04 Å². The number of nitrogens with one attached hydrogen (secondary N) is 2. The molecule has 98 valence electrons. The average Bonchev–Trinajstić information content (AvgIpc) is 2.25. The van der Waals surface area contributed by atoms with Crippen LogP contribution in [0.25, 0.3) is 0 Å². The first-order valence-electron chi connectivity index (χ1n) is 5.92. The first-order valence-corrected chi connectivity index (χ1v) is 6.90. The number of benzene rings is 1. The van der Waals surface area contributed by atoms with E-state index >= 15 is 0 Å². The number of amides is 1. The molecular formula is C14H20N2OS. The van der Waals surface area contributed by atoms with E-state index in [1.165, 1.54) is 17.3 Å². The molecule has 1 aromatic rings. The van der Waals surface area contributed by atoms with Gasteiger partial charge in [-0.3, -0.25) is 10.2 Å². The minimum Gasteiger partial charge on any atom is -0.351 e. The zero-order valence-corrected chi connectivity index (χ0v) is 11.9. The molecule has 1 rings (SSSR count). The summed E-state index contributed by atoms with van der Waals surface area (Å²) in [5, 5.41) is 11.0. The van der Waals surface area contributed by atoms with Gasteiger partial charge in [0.25, 0.3) is 0 Å². The molecule has 0 aliphatic carbocycles. The zero-order chi connectivity index (χ0) is 13.6. The van der Waals surface area contributed by atoms with Crippen molar-refractivity contribution in [3.8, 4) is 0 Å². The van der Waals surface area contributed by atoms with Crippen LogP contribution in [0.4, 0.5) is 0 Å². The maximum Gasteiger partial charge on any atom is 0.226 e. The van der Waals surface area contributed by atoms with Crippen molar-refractivity contribution < 1.29 is 4.79 Å². The van der Waals surface area contributed by atoms with E-state index in [1.54, 1.807) is 0 Å². The van der Waals surface area contributed by atoms with Crippen LogP contribution in [0, 0.1) is 5.41 Å². The highest BCUT2D eigenvalue weighted by Gasteiger charge is 2.15. The Morgan fingerprint density at radius 2 is 1.89 bits per heavy atom. The van der Waals surface area contributed by atoms with Gasteiger partial charge in [-0.2, -0.15) is 0 Å². The van der Waals surface area contributed by atoms with Crippen LogP contribution in [0.2, 0.25) is 0 Å². The van der Waals surface area contributed by atoms with Gasteiger partial charge in [0, 0.05) is 11.3 Å². The van der Waals surface area contributed by atoms with Crippen LogP contribution in [0.1, 0.15) is 32.8 Å². The normalized spacial score (nSPS) is 11.1. The number of carbonyl (C=O) groups is 1. The molecule has 0 atom stereocenters. The zero-order valence-electron chi connectivity index (χ0n) is 11.1. The SMILES string of the molecule is CC(C)(C)NC(=O)CC(=N)SCc1ccccc1. The van der Waals surface area contributed by atoms with E-state index in [1.807, 2.05) is 51.1 Å². The summed E-state index contributed by atoms with van der Waals surface area (Å²) in [6.45, 7) is 5.81. The van der Waals surface area contributed by atoms with Crippen molar-refractivity contribution in [2.24, 2.45) is 0 Å². The van der Waals surface area contributed by atoms with Crippen molar-refractivity contribution in [3.05, 3.63) is 35.9 Å². The highest BCUT2D eigenvalue weighted by atomic mass is 32.2. The summed E-state index contributed by atoms with van der Waals surface area (Å²) in [6.07, 6.45) is 0.161. The molecule has 0 aliphatic rings. The third-order valence-electron chi connectivity index (χ3n) is 2.09. The third kappa shape index (κ3) is 6.45. The molecule has 0 aromatic heterocycles. The van der Waals surface area contributed by atoms with Gasteiger partial charge in [0.2, 0.25) is 5.91 Å². The molecule has 0 aliphatic heterocycles. The monoisotopic (exact) mass is 264 g/mol. The second-order valence-electron chi connectivity index (χ2n) is 5.17. The fourth-order valence-corrected chi connectivity index (χ4v) is 2.17.